The largest absolute Gasteiger partial charge is 0.435 e. The normalized spacial score (nSPS) is 12.3. The lowest BCUT2D eigenvalue weighted by molar-refractivity contribution is -0.141. The molecule has 0 unspecified atom stereocenters. The van der Waals surface area contributed by atoms with Gasteiger partial charge in [-0.1, -0.05) is 43.3 Å². The number of nitrogens with two attached hydrogens (primary N) is 1. The first-order chi connectivity index (χ1) is 12.6. The Labute approximate surface area is 154 Å². The number of halogens is 3. The van der Waals surface area contributed by atoms with E-state index >= 15 is 0 Å². The second-order valence-electron chi connectivity index (χ2n) is 5.89. The van der Waals surface area contributed by atoms with Crippen molar-refractivity contribution in [3.05, 3.63) is 65.9 Å². The Kier molecular flexibility index (Phi) is 4.83. The van der Waals surface area contributed by atoms with Crippen molar-refractivity contribution in [3.8, 4) is 16.9 Å². The fourth-order valence-electron chi connectivity index (χ4n) is 2.69. The standard InChI is InChI=1S/C18H16F3N3O2S/c1-2-12-7-9-13(10-8-12)15-11-17(18(19,20)21)23-24(15)14-5-3-4-6-16(14)27(22,25)26/h3-11H,2H2,1H3,(H2,22,25,26). The highest BCUT2D eigenvalue weighted by Crippen LogP contribution is 2.34. The van der Waals surface area contributed by atoms with Gasteiger partial charge in [0.1, 0.15) is 4.90 Å². The van der Waals surface area contributed by atoms with Crippen LogP contribution in [0.2, 0.25) is 0 Å². The maximum atomic E-state index is 13.2. The summed E-state index contributed by atoms with van der Waals surface area (Å²) in [5, 5.41) is 8.84. The molecule has 0 amide bonds. The number of aryl methyl sites for hydroxylation is 1. The number of benzene rings is 2. The number of rotatable bonds is 4. The third kappa shape index (κ3) is 3.88. The average molecular weight is 395 g/mol. The van der Waals surface area contributed by atoms with Crippen LogP contribution in [0.5, 0.6) is 0 Å². The molecule has 2 aromatic carbocycles. The molecule has 9 heteroatoms. The topological polar surface area (TPSA) is 78.0 Å². The lowest BCUT2D eigenvalue weighted by Crippen LogP contribution is -2.16. The van der Waals surface area contributed by atoms with Crippen LogP contribution < -0.4 is 5.14 Å². The molecule has 0 saturated carbocycles. The number of hydrogen-bond acceptors (Lipinski definition) is 3. The molecule has 0 aliphatic heterocycles. The van der Waals surface area contributed by atoms with E-state index in [1.54, 1.807) is 24.3 Å². The van der Waals surface area contributed by atoms with Gasteiger partial charge in [-0.2, -0.15) is 18.3 Å². The van der Waals surface area contributed by atoms with Crippen molar-refractivity contribution in [2.24, 2.45) is 5.14 Å². The van der Waals surface area contributed by atoms with Crippen molar-refractivity contribution in [2.45, 2.75) is 24.4 Å². The second-order valence-corrected chi connectivity index (χ2v) is 7.42. The minimum Gasteiger partial charge on any atom is -0.231 e. The molecule has 0 aliphatic rings. The maximum Gasteiger partial charge on any atom is 0.435 e. The molecule has 3 rings (SSSR count). The SMILES string of the molecule is CCc1ccc(-c2cc(C(F)(F)F)nn2-c2ccccc2S(N)(=O)=O)cc1. The molecule has 0 saturated heterocycles. The second kappa shape index (κ2) is 6.82. The predicted octanol–water partition coefficient (Wildman–Crippen LogP) is 3.77. The van der Waals surface area contributed by atoms with Crippen LogP contribution in [-0.2, 0) is 22.6 Å². The van der Waals surface area contributed by atoms with Gasteiger partial charge in [-0.15, -0.1) is 0 Å². The molecule has 0 atom stereocenters. The molecule has 142 valence electrons. The Balaban J connectivity index is 2.28. The monoisotopic (exact) mass is 395 g/mol. The molecular weight excluding hydrogens is 379 g/mol. The molecule has 3 aromatic rings. The van der Waals surface area contributed by atoms with Gasteiger partial charge in [-0.05, 0) is 30.2 Å². The highest BCUT2D eigenvalue weighted by molar-refractivity contribution is 7.89. The van der Waals surface area contributed by atoms with Crippen molar-refractivity contribution in [3.63, 3.8) is 0 Å². The van der Waals surface area contributed by atoms with Gasteiger partial charge in [0, 0.05) is 5.56 Å². The van der Waals surface area contributed by atoms with Crippen molar-refractivity contribution in [1.29, 1.82) is 0 Å². The van der Waals surface area contributed by atoms with Gasteiger partial charge >= 0.3 is 6.18 Å². The van der Waals surface area contributed by atoms with Crippen LogP contribution in [0.4, 0.5) is 13.2 Å². The number of sulfonamides is 1. The van der Waals surface area contributed by atoms with Gasteiger partial charge in [-0.3, -0.25) is 0 Å². The van der Waals surface area contributed by atoms with Crippen LogP contribution in [0, 0.1) is 0 Å². The number of primary sulfonamides is 1. The molecular formula is C18H16F3N3O2S. The number of aromatic nitrogens is 2. The number of para-hydroxylation sites is 1. The number of hydrogen-bond donors (Lipinski definition) is 1. The van der Waals surface area contributed by atoms with E-state index in [1.807, 2.05) is 6.92 Å². The fourth-order valence-corrected chi connectivity index (χ4v) is 3.41. The zero-order valence-electron chi connectivity index (χ0n) is 14.2. The first kappa shape index (κ1) is 19.1. The third-order valence-electron chi connectivity index (χ3n) is 4.06. The molecule has 0 aliphatic carbocycles. The summed E-state index contributed by atoms with van der Waals surface area (Å²) in [4.78, 5) is -0.312. The summed E-state index contributed by atoms with van der Waals surface area (Å²) in [7, 11) is -4.16. The summed E-state index contributed by atoms with van der Waals surface area (Å²) in [6.45, 7) is 1.96. The van der Waals surface area contributed by atoms with Gasteiger partial charge in [0.05, 0.1) is 11.4 Å². The van der Waals surface area contributed by atoms with Gasteiger partial charge in [0.15, 0.2) is 5.69 Å². The zero-order valence-corrected chi connectivity index (χ0v) is 15.1. The van der Waals surface area contributed by atoms with E-state index in [2.05, 4.69) is 5.10 Å². The molecule has 0 fully saturated rings. The highest BCUT2D eigenvalue weighted by Gasteiger charge is 2.35. The van der Waals surface area contributed by atoms with Crippen molar-refractivity contribution < 1.29 is 21.6 Å². The smallest absolute Gasteiger partial charge is 0.231 e. The molecule has 0 bridgehead atoms. The zero-order chi connectivity index (χ0) is 19.8. The first-order valence-electron chi connectivity index (χ1n) is 8.00. The summed E-state index contributed by atoms with van der Waals surface area (Å²) >= 11 is 0. The molecule has 1 heterocycles. The minimum atomic E-state index is -4.68. The molecule has 0 radical (unpaired) electrons. The van der Waals surface area contributed by atoms with Crippen LogP contribution in [-0.4, -0.2) is 18.2 Å². The molecule has 0 spiro atoms. The Bertz CT molecular complexity index is 1070. The lowest BCUT2D eigenvalue weighted by Gasteiger charge is -2.11. The van der Waals surface area contributed by atoms with Gasteiger partial charge in [-0.25, -0.2) is 18.2 Å². The van der Waals surface area contributed by atoms with Crippen molar-refractivity contribution in [1.82, 2.24) is 9.78 Å². The molecule has 2 N–H and O–H groups in total. The van der Waals surface area contributed by atoms with E-state index in [1.165, 1.54) is 24.3 Å². The summed E-state index contributed by atoms with van der Waals surface area (Å²) in [5.74, 6) is 0. The fraction of sp³-hybridized carbons (Fsp3) is 0.167. The van der Waals surface area contributed by atoms with E-state index < -0.39 is 21.9 Å². The summed E-state index contributed by atoms with van der Waals surface area (Å²) in [6, 6.07) is 13.4. The summed E-state index contributed by atoms with van der Waals surface area (Å²) < 4.78 is 64.5. The first-order valence-corrected chi connectivity index (χ1v) is 9.54. The molecule has 1 aromatic heterocycles. The van der Waals surface area contributed by atoms with Crippen molar-refractivity contribution in [2.75, 3.05) is 0 Å². The molecule has 5 nitrogen and oxygen atoms in total. The number of alkyl halides is 3. The molecule has 27 heavy (non-hydrogen) atoms. The minimum absolute atomic E-state index is 0.0509. The average Bonchev–Trinajstić information content (AvgIpc) is 3.07. The maximum absolute atomic E-state index is 13.2. The van der Waals surface area contributed by atoms with Crippen LogP contribution in [0.1, 0.15) is 18.2 Å². The van der Waals surface area contributed by atoms with E-state index in [0.717, 1.165) is 22.7 Å². The summed E-state index contributed by atoms with van der Waals surface area (Å²) in [6.07, 6.45) is -3.90. The predicted molar refractivity (Wildman–Crippen MR) is 94.8 cm³/mol. The van der Waals surface area contributed by atoms with Crippen LogP contribution in [0.25, 0.3) is 16.9 Å². The third-order valence-corrected chi connectivity index (χ3v) is 5.02. The number of nitrogens with zero attached hydrogens (tertiary/aromatic N) is 2. The Morgan fingerprint density at radius 2 is 1.70 bits per heavy atom. The van der Waals surface area contributed by atoms with E-state index in [9.17, 15) is 21.6 Å². The van der Waals surface area contributed by atoms with E-state index in [4.69, 9.17) is 5.14 Å². The van der Waals surface area contributed by atoms with Crippen LogP contribution in [0.3, 0.4) is 0 Å². The van der Waals surface area contributed by atoms with Crippen LogP contribution >= 0.6 is 0 Å². The Morgan fingerprint density at radius 3 is 2.26 bits per heavy atom. The quantitative estimate of drug-likeness (QED) is 0.731. The van der Waals surface area contributed by atoms with Gasteiger partial charge in [0.25, 0.3) is 0 Å². The van der Waals surface area contributed by atoms with Gasteiger partial charge < -0.3 is 0 Å². The van der Waals surface area contributed by atoms with Crippen LogP contribution in [0.15, 0.2) is 59.5 Å². The lowest BCUT2D eigenvalue weighted by atomic mass is 10.1. The summed E-state index contributed by atoms with van der Waals surface area (Å²) in [5.41, 5.74) is 0.428. The van der Waals surface area contributed by atoms with Gasteiger partial charge in [0.2, 0.25) is 10.0 Å². The van der Waals surface area contributed by atoms with E-state index in [0.29, 0.717) is 5.56 Å². The Morgan fingerprint density at radius 1 is 1.07 bits per heavy atom. The van der Waals surface area contributed by atoms with E-state index in [-0.39, 0.29) is 16.3 Å². The Hall–Kier alpha value is -2.65. The highest BCUT2D eigenvalue weighted by atomic mass is 32.2. The van der Waals surface area contributed by atoms with Crippen molar-refractivity contribution >= 4 is 10.0 Å².